The van der Waals surface area contributed by atoms with Crippen molar-refractivity contribution in [2.75, 3.05) is 10.6 Å². The minimum absolute atomic E-state index is 0.190. The highest BCUT2D eigenvalue weighted by Crippen LogP contribution is 2.38. The van der Waals surface area contributed by atoms with Gasteiger partial charge < -0.3 is 10.6 Å². The van der Waals surface area contributed by atoms with Crippen molar-refractivity contribution in [3.63, 3.8) is 0 Å². The van der Waals surface area contributed by atoms with Gasteiger partial charge in [0.15, 0.2) is 0 Å². The Labute approximate surface area is 242 Å². The van der Waals surface area contributed by atoms with Crippen LogP contribution in [-0.2, 0) is 0 Å². The molecule has 5 aromatic rings. The lowest BCUT2D eigenvalue weighted by Gasteiger charge is -2.23. The van der Waals surface area contributed by atoms with Crippen molar-refractivity contribution in [1.29, 1.82) is 10.5 Å². The molecule has 1 fully saturated rings. The smallest absolute Gasteiger partial charge is 0.110 e. The molecule has 0 radical (unpaired) electrons. The number of benzene rings is 2. The number of aromatic nitrogens is 5. The first-order valence-corrected chi connectivity index (χ1v) is 13.8. The molecule has 0 bridgehead atoms. The molecule has 2 N–H and O–H groups in total. The fourth-order valence-corrected chi connectivity index (χ4v) is 5.22. The Morgan fingerprint density at radius 2 is 1.85 bits per heavy atom. The van der Waals surface area contributed by atoms with Crippen LogP contribution >= 0.6 is 11.6 Å². The number of rotatable bonds is 10. The predicted molar refractivity (Wildman–Crippen MR) is 157 cm³/mol. The second-order valence-electron chi connectivity index (χ2n) is 10.0. The second kappa shape index (κ2) is 11.6. The lowest BCUT2D eigenvalue weighted by atomic mass is 10.00. The van der Waals surface area contributed by atoms with Gasteiger partial charge in [-0.05, 0) is 48.6 Å². The van der Waals surface area contributed by atoms with Crippen LogP contribution in [0.15, 0.2) is 79.4 Å². The number of nitrogens with one attached hydrogen (secondary N) is 2. The number of anilines is 2. The number of halogens is 1. The van der Waals surface area contributed by atoms with E-state index in [1.54, 1.807) is 12.4 Å². The van der Waals surface area contributed by atoms with Crippen LogP contribution in [0.1, 0.15) is 66.2 Å². The molecule has 0 amide bonds. The Bertz CT molecular complexity index is 1750. The summed E-state index contributed by atoms with van der Waals surface area (Å²) in [5, 5.41) is 36.4. The Kier molecular flexibility index (Phi) is 7.44. The quantitative estimate of drug-likeness (QED) is 0.192. The highest BCUT2D eigenvalue weighted by atomic mass is 35.5. The standard InChI is InChI=1S/C31H26ClN9/c32-26-15-23(37-30(21-8-5-13-35-17-21)28-19-41(40-39-28)24-10-11-24)14-25-29(22(16-34)18-36-31(25)26)38-27(9-4-12-33)20-6-2-1-3-7-20/h1-3,5-8,13-15,17-19,24,27,30,37H,4,9-11H2,(H,36,38)/t27-,30+/m1/s1. The van der Waals surface area contributed by atoms with Gasteiger partial charge in [0, 0.05) is 36.1 Å². The Morgan fingerprint density at radius 3 is 2.59 bits per heavy atom. The number of pyridine rings is 2. The highest BCUT2D eigenvalue weighted by molar-refractivity contribution is 6.35. The van der Waals surface area contributed by atoms with Crippen molar-refractivity contribution in [3.8, 4) is 12.1 Å². The lowest BCUT2D eigenvalue weighted by molar-refractivity contribution is 0.610. The summed E-state index contributed by atoms with van der Waals surface area (Å²) in [6.45, 7) is 0. The molecular formula is C31H26ClN9. The van der Waals surface area contributed by atoms with E-state index in [-0.39, 0.29) is 12.1 Å². The van der Waals surface area contributed by atoms with Gasteiger partial charge in [0.2, 0.25) is 0 Å². The van der Waals surface area contributed by atoms with Crippen molar-refractivity contribution in [1.82, 2.24) is 25.0 Å². The molecule has 2 aromatic carbocycles. The maximum absolute atomic E-state index is 10.0. The molecule has 0 unspecified atom stereocenters. The van der Waals surface area contributed by atoms with Gasteiger partial charge in [0.25, 0.3) is 0 Å². The second-order valence-corrected chi connectivity index (χ2v) is 10.4. The fraction of sp³-hybridized carbons (Fsp3) is 0.226. The number of fused-ring (bicyclic) bond motifs is 1. The van der Waals surface area contributed by atoms with Crippen LogP contribution in [-0.4, -0.2) is 25.0 Å². The largest absolute Gasteiger partial charge is 0.377 e. The molecule has 2 atom stereocenters. The average molecular weight is 560 g/mol. The summed E-state index contributed by atoms with van der Waals surface area (Å²) in [7, 11) is 0. The van der Waals surface area contributed by atoms with Crippen LogP contribution in [0.4, 0.5) is 11.4 Å². The van der Waals surface area contributed by atoms with Crippen molar-refractivity contribution in [2.24, 2.45) is 0 Å². The average Bonchev–Trinajstić information content (AvgIpc) is 3.75. The SMILES string of the molecule is N#CCC[C@@H](Nc1c(C#N)cnc2c(Cl)cc(N[C@@H](c3cccnc3)c3cn(C4CC4)nn3)cc12)c1ccccc1. The molecule has 0 aliphatic heterocycles. The maximum Gasteiger partial charge on any atom is 0.110 e. The van der Waals surface area contributed by atoms with Gasteiger partial charge in [-0.2, -0.15) is 10.5 Å². The molecule has 202 valence electrons. The number of hydrogen-bond donors (Lipinski definition) is 2. The highest BCUT2D eigenvalue weighted by Gasteiger charge is 2.27. The molecule has 41 heavy (non-hydrogen) atoms. The molecule has 1 aliphatic rings. The van der Waals surface area contributed by atoms with E-state index in [1.165, 1.54) is 6.20 Å². The zero-order chi connectivity index (χ0) is 28.2. The van der Waals surface area contributed by atoms with Gasteiger partial charge in [0.1, 0.15) is 11.8 Å². The van der Waals surface area contributed by atoms with Crippen LogP contribution in [0.5, 0.6) is 0 Å². The molecular weight excluding hydrogens is 534 g/mol. The summed E-state index contributed by atoms with van der Waals surface area (Å²) in [6, 6.07) is 21.9. The molecule has 9 nitrogen and oxygen atoms in total. The first-order chi connectivity index (χ1) is 20.1. The summed E-state index contributed by atoms with van der Waals surface area (Å²) in [4.78, 5) is 8.83. The van der Waals surface area contributed by atoms with Crippen LogP contribution in [0, 0.1) is 22.7 Å². The van der Waals surface area contributed by atoms with Gasteiger partial charge in [-0.25, -0.2) is 4.68 Å². The first-order valence-electron chi connectivity index (χ1n) is 13.4. The van der Waals surface area contributed by atoms with E-state index in [1.807, 2.05) is 65.5 Å². The maximum atomic E-state index is 10.0. The van der Waals surface area contributed by atoms with Crippen molar-refractivity contribution in [3.05, 3.63) is 107 Å². The Balaban J connectivity index is 1.42. The van der Waals surface area contributed by atoms with E-state index in [4.69, 9.17) is 11.6 Å². The van der Waals surface area contributed by atoms with Crippen molar-refractivity contribution < 1.29 is 0 Å². The van der Waals surface area contributed by atoms with E-state index in [0.717, 1.165) is 35.3 Å². The zero-order valence-electron chi connectivity index (χ0n) is 22.1. The summed E-state index contributed by atoms with van der Waals surface area (Å²) in [5.41, 5.74) is 5.02. The van der Waals surface area contributed by atoms with Crippen LogP contribution in [0.2, 0.25) is 5.02 Å². The predicted octanol–water partition coefficient (Wildman–Crippen LogP) is 6.74. The molecule has 3 aromatic heterocycles. The molecule has 6 rings (SSSR count). The van der Waals surface area contributed by atoms with E-state index in [9.17, 15) is 10.5 Å². The number of hydrogen-bond acceptors (Lipinski definition) is 8. The van der Waals surface area contributed by atoms with Gasteiger partial charge in [0.05, 0.1) is 52.2 Å². The zero-order valence-corrected chi connectivity index (χ0v) is 22.8. The fourth-order valence-electron chi connectivity index (χ4n) is 4.96. The van der Waals surface area contributed by atoms with Crippen LogP contribution in [0.3, 0.4) is 0 Å². The monoisotopic (exact) mass is 559 g/mol. The summed E-state index contributed by atoms with van der Waals surface area (Å²) in [6.07, 6.45) is 10.2. The van der Waals surface area contributed by atoms with Crippen LogP contribution < -0.4 is 10.6 Å². The van der Waals surface area contributed by atoms with Gasteiger partial charge in [-0.1, -0.05) is 53.2 Å². The molecule has 0 spiro atoms. The Morgan fingerprint density at radius 1 is 1.02 bits per heavy atom. The summed E-state index contributed by atoms with van der Waals surface area (Å²) >= 11 is 6.80. The van der Waals surface area contributed by atoms with Crippen LogP contribution in [0.25, 0.3) is 10.9 Å². The van der Waals surface area contributed by atoms with E-state index in [0.29, 0.717) is 46.1 Å². The summed E-state index contributed by atoms with van der Waals surface area (Å²) in [5.74, 6) is 0. The van der Waals surface area contributed by atoms with E-state index in [2.05, 4.69) is 43.1 Å². The van der Waals surface area contributed by atoms with Crippen molar-refractivity contribution in [2.45, 2.75) is 43.8 Å². The topological polar surface area (TPSA) is 128 Å². The normalized spacial score (nSPS) is 14.1. The molecule has 3 heterocycles. The van der Waals surface area contributed by atoms with E-state index >= 15 is 0 Å². The first kappa shape index (κ1) is 26.2. The van der Waals surface area contributed by atoms with Gasteiger partial charge in [-0.15, -0.1) is 5.10 Å². The number of nitriles is 2. The third-order valence-corrected chi connectivity index (χ3v) is 7.47. The van der Waals surface area contributed by atoms with E-state index < -0.39 is 0 Å². The van der Waals surface area contributed by atoms with Crippen molar-refractivity contribution >= 4 is 33.9 Å². The Hall–Kier alpha value is -4.99. The third-order valence-electron chi connectivity index (χ3n) is 7.18. The number of nitrogens with zero attached hydrogens (tertiary/aromatic N) is 7. The lowest BCUT2D eigenvalue weighted by Crippen LogP contribution is -2.14. The summed E-state index contributed by atoms with van der Waals surface area (Å²) < 4.78 is 1.92. The minimum atomic E-state index is -0.332. The minimum Gasteiger partial charge on any atom is -0.377 e. The van der Waals surface area contributed by atoms with Gasteiger partial charge >= 0.3 is 0 Å². The molecule has 10 heteroatoms. The molecule has 0 saturated heterocycles. The van der Waals surface area contributed by atoms with Gasteiger partial charge in [-0.3, -0.25) is 9.97 Å². The molecule has 1 aliphatic carbocycles. The third kappa shape index (κ3) is 5.67. The molecule has 1 saturated carbocycles.